The number of hydrogen-bond acceptors (Lipinski definition) is 4. The Kier molecular flexibility index (Phi) is 9.55. The zero-order valence-electron chi connectivity index (χ0n) is 16.7. The largest absolute Gasteiger partial charge is 0.493 e. The van der Waals surface area contributed by atoms with Gasteiger partial charge in [0.2, 0.25) is 5.91 Å². The van der Waals surface area contributed by atoms with Gasteiger partial charge in [-0.3, -0.25) is 4.79 Å². The Morgan fingerprint density at radius 1 is 1.17 bits per heavy atom. The Hall–Kier alpha value is -2.49. The number of hydrogen-bond donors (Lipinski definition) is 1. The van der Waals surface area contributed by atoms with E-state index in [2.05, 4.69) is 27.2 Å². The first-order chi connectivity index (χ1) is 14.1. The highest BCUT2D eigenvalue weighted by molar-refractivity contribution is 9.10. The van der Waals surface area contributed by atoms with Gasteiger partial charge in [-0.15, -0.1) is 6.42 Å². The van der Waals surface area contributed by atoms with Gasteiger partial charge in [-0.2, -0.15) is 0 Å². The molecule has 0 saturated carbocycles. The van der Waals surface area contributed by atoms with Crippen LogP contribution in [0.15, 0.2) is 46.9 Å². The van der Waals surface area contributed by atoms with E-state index in [4.69, 9.17) is 20.6 Å². The summed E-state index contributed by atoms with van der Waals surface area (Å²) in [4.78, 5) is 12.6. The van der Waals surface area contributed by atoms with Crippen LogP contribution in [0, 0.1) is 12.3 Å². The fourth-order valence-corrected chi connectivity index (χ4v) is 3.08. The first-order valence-corrected chi connectivity index (χ1v) is 10.2. The number of methoxy groups -OCH3 is 1. The Bertz CT molecular complexity index is 830. The number of rotatable bonds is 11. The Morgan fingerprint density at radius 3 is 2.55 bits per heavy atom. The van der Waals surface area contributed by atoms with Gasteiger partial charge in [0, 0.05) is 24.0 Å². The molecule has 0 heterocycles. The maximum atomic E-state index is 12.6. The van der Waals surface area contributed by atoms with Crippen molar-refractivity contribution in [3.63, 3.8) is 0 Å². The van der Waals surface area contributed by atoms with Crippen LogP contribution in [0.2, 0.25) is 0 Å². The second-order valence-electron chi connectivity index (χ2n) is 6.29. The molecule has 0 spiro atoms. The van der Waals surface area contributed by atoms with Gasteiger partial charge in [0.15, 0.2) is 11.5 Å². The van der Waals surface area contributed by atoms with E-state index in [1.807, 2.05) is 49.4 Å². The molecule has 0 aromatic heterocycles. The lowest BCUT2D eigenvalue weighted by atomic mass is 10.1. The molecule has 1 amide bonds. The summed E-state index contributed by atoms with van der Waals surface area (Å²) < 4.78 is 17.5. The van der Waals surface area contributed by atoms with E-state index in [9.17, 15) is 4.79 Å². The van der Waals surface area contributed by atoms with Gasteiger partial charge >= 0.3 is 0 Å². The molecule has 2 aromatic rings. The van der Waals surface area contributed by atoms with E-state index in [1.165, 1.54) is 0 Å². The molecule has 1 atom stereocenters. The monoisotopic (exact) mass is 459 g/mol. The van der Waals surface area contributed by atoms with Crippen molar-refractivity contribution in [1.82, 2.24) is 5.32 Å². The molecule has 0 radical (unpaired) electrons. The summed E-state index contributed by atoms with van der Waals surface area (Å²) in [5, 5.41) is 2.96. The number of amides is 1. The second-order valence-corrected chi connectivity index (χ2v) is 7.21. The summed E-state index contributed by atoms with van der Waals surface area (Å²) >= 11 is 3.42. The number of ether oxygens (including phenoxy) is 3. The minimum atomic E-state index is -0.518. The highest BCUT2D eigenvalue weighted by Gasteiger charge is 2.19. The molecule has 0 aliphatic rings. The van der Waals surface area contributed by atoms with Crippen LogP contribution in [0.1, 0.15) is 18.1 Å². The predicted octanol–water partition coefficient (Wildman–Crippen LogP) is 3.78. The first-order valence-electron chi connectivity index (χ1n) is 9.44. The van der Waals surface area contributed by atoms with Crippen LogP contribution in [0.4, 0.5) is 0 Å². The van der Waals surface area contributed by atoms with Crippen LogP contribution in [0.25, 0.3) is 0 Å². The number of terminal acetylenes is 1. The number of halogens is 1. The lowest BCUT2D eigenvalue weighted by Gasteiger charge is -2.17. The van der Waals surface area contributed by atoms with E-state index in [-0.39, 0.29) is 12.5 Å². The third-order valence-electron chi connectivity index (χ3n) is 4.25. The van der Waals surface area contributed by atoms with Crippen LogP contribution in [-0.4, -0.2) is 38.9 Å². The molecule has 2 rings (SSSR count). The van der Waals surface area contributed by atoms with Crippen LogP contribution < -0.4 is 14.8 Å². The molecular weight excluding hydrogens is 434 g/mol. The molecule has 1 N–H and O–H groups in total. The lowest BCUT2D eigenvalue weighted by molar-refractivity contribution is -0.132. The molecule has 0 aliphatic heterocycles. The van der Waals surface area contributed by atoms with Gasteiger partial charge in [0.05, 0.1) is 7.11 Å². The van der Waals surface area contributed by atoms with Crippen LogP contribution >= 0.6 is 15.9 Å². The smallest absolute Gasteiger partial charge is 0.249 e. The molecular formula is C23H26BrNO4. The zero-order valence-corrected chi connectivity index (χ0v) is 18.3. The van der Waals surface area contributed by atoms with Crippen LogP contribution in [0.5, 0.6) is 11.5 Å². The van der Waals surface area contributed by atoms with E-state index in [1.54, 1.807) is 7.11 Å². The normalized spacial score (nSPS) is 11.4. The van der Waals surface area contributed by atoms with Gasteiger partial charge in [-0.25, -0.2) is 0 Å². The van der Waals surface area contributed by atoms with Gasteiger partial charge in [-0.1, -0.05) is 40.0 Å². The van der Waals surface area contributed by atoms with Gasteiger partial charge in [0.1, 0.15) is 12.7 Å². The Balaban J connectivity index is 1.90. The molecule has 0 saturated heterocycles. The SMILES string of the molecule is C#CCOc1ccc(CCNC(=O)[C@H](Cc2ccc(Br)cc2)OCC)cc1OC. The fourth-order valence-electron chi connectivity index (χ4n) is 2.81. The number of nitrogens with one attached hydrogen (secondary N) is 1. The summed E-state index contributed by atoms with van der Waals surface area (Å²) in [6.07, 6.45) is 5.90. The van der Waals surface area contributed by atoms with Crippen LogP contribution in [0.3, 0.4) is 0 Å². The third kappa shape index (κ3) is 7.45. The molecule has 0 unspecified atom stereocenters. The summed E-state index contributed by atoms with van der Waals surface area (Å²) in [7, 11) is 1.58. The van der Waals surface area contributed by atoms with Gasteiger partial charge < -0.3 is 19.5 Å². The van der Waals surface area contributed by atoms with Crippen molar-refractivity contribution < 1.29 is 19.0 Å². The highest BCUT2D eigenvalue weighted by atomic mass is 79.9. The second kappa shape index (κ2) is 12.2. The fraction of sp³-hybridized carbons (Fsp3) is 0.348. The number of benzene rings is 2. The summed E-state index contributed by atoms with van der Waals surface area (Å²) in [6.45, 7) is 3.04. The van der Waals surface area contributed by atoms with Crippen molar-refractivity contribution in [2.24, 2.45) is 0 Å². The van der Waals surface area contributed by atoms with Crippen molar-refractivity contribution in [1.29, 1.82) is 0 Å². The topological polar surface area (TPSA) is 56.8 Å². The van der Waals surface area contributed by atoms with Crippen molar-refractivity contribution >= 4 is 21.8 Å². The molecule has 2 aromatic carbocycles. The van der Waals surface area contributed by atoms with Crippen molar-refractivity contribution in [3.05, 3.63) is 58.1 Å². The van der Waals surface area contributed by atoms with E-state index in [0.29, 0.717) is 37.5 Å². The average Bonchev–Trinajstić information content (AvgIpc) is 2.73. The van der Waals surface area contributed by atoms with Gasteiger partial charge in [0.25, 0.3) is 0 Å². The maximum absolute atomic E-state index is 12.6. The number of carbonyl (C=O) groups excluding carboxylic acids is 1. The molecule has 6 heteroatoms. The van der Waals surface area contributed by atoms with Crippen molar-refractivity contribution in [3.8, 4) is 23.8 Å². The summed E-state index contributed by atoms with van der Waals surface area (Å²) in [6, 6.07) is 13.5. The predicted molar refractivity (Wildman–Crippen MR) is 117 cm³/mol. The number of carbonyl (C=O) groups is 1. The Morgan fingerprint density at radius 2 is 1.90 bits per heavy atom. The zero-order chi connectivity index (χ0) is 21.1. The quantitative estimate of drug-likeness (QED) is 0.519. The summed E-state index contributed by atoms with van der Waals surface area (Å²) in [5.41, 5.74) is 2.07. The standard InChI is InChI=1S/C23H26BrNO4/c1-4-14-29-20-11-8-18(15-21(20)27-3)12-13-25-23(26)22(28-5-2)16-17-6-9-19(24)10-7-17/h1,6-11,15,22H,5,12-14,16H2,2-3H3,(H,25,26)/t22-/m0/s1. The molecule has 5 nitrogen and oxygen atoms in total. The minimum Gasteiger partial charge on any atom is -0.493 e. The van der Waals surface area contributed by atoms with Gasteiger partial charge in [-0.05, 0) is 48.7 Å². The van der Waals surface area contributed by atoms with E-state index < -0.39 is 6.10 Å². The maximum Gasteiger partial charge on any atom is 0.249 e. The first kappa shape index (κ1) is 22.8. The molecule has 0 fully saturated rings. The van der Waals surface area contributed by atoms with Crippen LogP contribution in [-0.2, 0) is 22.4 Å². The minimum absolute atomic E-state index is 0.115. The Labute approximate surface area is 180 Å². The average molecular weight is 460 g/mol. The summed E-state index contributed by atoms with van der Waals surface area (Å²) in [5.74, 6) is 3.53. The molecule has 0 bridgehead atoms. The van der Waals surface area contributed by atoms with Crippen molar-refractivity contribution in [2.45, 2.75) is 25.9 Å². The highest BCUT2D eigenvalue weighted by Crippen LogP contribution is 2.28. The van der Waals surface area contributed by atoms with Crippen molar-refractivity contribution in [2.75, 3.05) is 26.9 Å². The third-order valence-corrected chi connectivity index (χ3v) is 4.78. The van der Waals surface area contributed by atoms with E-state index in [0.717, 1.165) is 15.6 Å². The van der Waals surface area contributed by atoms with E-state index >= 15 is 0 Å². The molecule has 0 aliphatic carbocycles. The lowest BCUT2D eigenvalue weighted by Crippen LogP contribution is -2.38. The molecule has 154 valence electrons. The molecule has 29 heavy (non-hydrogen) atoms.